The van der Waals surface area contributed by atoms with Crippen LogP contribution in [-0.4, -0.2) is 41.3 Å². The maximum Gasteiger partial charge on any atom is 0.100 e. The number of nitrogens with zero attached hydrogens (tertiary/aromatic N) is 4. The van der Waals surface area contributed by atoms with E-state index in [4.69, 9.17) is 4.74 Å². The zero-order chi connectivity index (χ0) is 16.2. The van der Waals surface area contributed by atoms with Crippen molar-refractivity contribution in [1.82, 2.24) is 19.9 Å². The molecule has 6 nitrogen and oxygen atoms in total. The van der Waals surface area contributed by atoms with Gasteiger partial charge >= 0.3 is 0 Å². The van der Waals surface area contributed by atoms with Crippen molar-refractivity contribution in [2.24, 2.45) is 7.05 Å². The third kappa shape index (κ3) is 3.71. The van der Waals surface area contributed by atoms with E-state index in [1.807, 2.05) is 36.5 Å². The summed E-state index contributed by atoms with van der Waals surface area (Å²) in [6.45, 7) is 1.60. The van der Waals surface area contributed by atoms with Crippen LogP contribution in [0.2, 0.25) is 0 Å². The molecule has 2 atom stereocenters. The molecule has 0 amide bonds. The highest BCUT2D eigenvalue weighted by molar-refractivity contribution is 5.50. The van der Waals surface area contributed by atoms with E-state index < -0.39 is 0 Å². The van der Waals surface area contributed by atoms with Crippen LogP contribution >= 0.6 is 0 Å². The fraction of sp³-hybridized carbons (Fsp3) is 0.529. The molecule has 3 heterocycles. The second kappa shape index (κ2) is 7.10. The second-order valence-electron chi connectivity index (χ2n) is 6.29. The molecule has 0 aliphatic carbocycles. The van der Waals surface area contributed by atoms with Gasteiger partial charge in [-0.15, -0.1) is 0 Å². The van der Waals surface area contributed by atoms with E-state index in [1.54, 1.807) is 0 Å². The van der Waals surface area contributed by atoms with E-state index in [-0.39, 0.29) is 6.10 Å². The molecule has 0 spiro atoms. The van der Waals surface area contributed by atoms with Crippen LogP contribution in [0.15, 0.2) is 31.0 Å². The first-order chi connectivity index (χ1) is 11.1. The maximum atomic E-state index is 5.93. The molecule has 1 N–H and O–H groups in total. The molecule has 1 aliphatic rings. The predicted octanol–water partition coefficient (Wildman–Crippen LogP) is 1.89. The van der Waals surface area contributed by atoms with Gasteiger partial charge in [0.15, 0.2) is 0 Å². The average Bonchev–Trinajstić information content (AvgIpc) is 2.99. The molecule has 1 saturated heterocycles. The quantitative estimate of drug-likeness (QED) is 0.913. The highest BCUT2D eigenvalue weighted by Crippen LogP contribution is 2.28. The number of aryl methyl sites for hydroxylation is 1. The normalized spacial score (nSPS) is 21.3. The molecule has 124 valence electrons. The predicted molar refractivity (Wildman–Crippen MR) is 90.3 cm³/mol. The van der Waals surface area contributed by atoms with Crippen molar-refractivity contribution in [2.75, 3.05) is 25.6 Å². The molecule has 2 aromatic heterocycles. The summed E-state index contributed by atoms with van der Waals surface area (Å²) in [5, 5.41) is 3.67. The molecule has 1 aliphatic heterocycles. The summed E-state index contributed by atoms with van der Waals surface area (Å²) in [4.78, 5) is 10.6. The Labute approximate surface area is 137 Å². The Hall–Kier alpha value is -1.92. The van der Waals surface area contributed by atoms with E-state index in [9.17, 15) is 0 Å². The lowest BCUT2D eigenvalue weighted by Crippen LogP contribution is -2.36. The van der Waals surface area contributed by atoms with Crippen LogP contribution in [-0.2, 0) is 18.3 Å². The monoisotopic (exact) mass is 315 g/mol. The second-order valence-corrected chi connectivity index (χ2v) is 6.29. The number of pyridine rings is 1. The molecular weight excluding hydrogens is 290 g/mol. The molecule has 0 bridgehead atoms. The summed E-state index contributed by atoms with van der Waals surface area (Å²) < 4.78 is 7.97. The van der Waals surface area contributed by atoms with Gasteiger partial charge in [-0.05, 0) is 18.9 Å². The van der Waals surface area contributed by atoms with Gasteiger partial charge in [0.1, 0.15) is 6.10 Å². The maximum absolute atomic E-state index is 5.93. The van der Waals surface area contributed by atoms with Gasteiger partial charge in [-0.25, -0.2) is 4.98 Å². The zero-order valence-corrected chi connectivity index (χ0v) is 14.1. The van der Waals surface area contributed by atoms with Crippen LogP contribution in [0.1, 0.15) is 30.2 Å². The third-order valence-electron chi connectivity index (χ3n) is 4.41. The molecule has 2 aromatic rings. The molecule has 3 rings (SSSR count). The van der Waals surface area contributed by atoms with Gasteiger partial charge in [-0.2, -0.15) is 0 Å². The lowest BCUT2D eigenvalue weighted by Gasteiger charge is -2.30. The third-order valence-corrected chi connectivity index (χ3v) is 4.41. The van der Waals surface area contributed by atoms with Gasteiger partial charge in [0.25, 0.3) is 0 Å². The summed E-state index contributed by atoms with van der Waals surface area (Å²) >= 11 is 0. The van der Waals surface area contributed by atoms with Crippen molar-refractivity contribution in [3.8, 4) is 0 Å². The first-order valence-corrected chi connectivity index (χ1v) is 8.06. The first-order valence-electron chi connectivity index (χ1n) is 8.06. The summed E-state index contributed by atoms with van der Waals surface area (Å²) in [5.74, 6) is 0. The van der Waals surface area contributed by atoms with Gasteiger partial charge in [0, 0.05) is 64.0 Å². The van der Waals surface area contributed by atoms with E-state index in [0.717, 1.165) is 31.7 Å². The fourth-order valence-electron chi connectivity index (χ4n) is 3.11. The molecule has 0 saturated carbocycles. The van der Waals surface area contributed by atoms with Crippen molar-refractivity contribution in [3.05, 3.63) is 42.2 Å². The smallest absolute Gasteiger partial charge is 0.100 e. The Kier molecular flexibility index (Phi) is 4.93. The zero-order valence-electron chi connectivity index (χ0n) is 14.1. The van der Waals surface area contributed by atoms with Crippen molar-refractivity contribution in [1.29, 1.82) is 0 Å². The van der Waals surface area contributed by atoms with E-state index >= 15 is 0 Å². The molecule has 0 radical (unpaired) electrons. The summed E-state index contributed by atoms with van der Waals surface area (Å²) in [6.07, 6.45) is 9.64. The van der Waals surface area contributed by atoms with Gasteiger partial charge in [-0.1, -0.05) is 0 Å². The average molecular weight is 315 g/mol. The molecule has 0 aromatic carbocycles. The number of nitrogens with one attached hydrogen (secondary N) is 1. The van der Waals surface area contributed by atoms with Crippen molar-refractivity contribution in [2.45, 2.75) is 31.5 Å². The van der Waals surface area contributed by atoms with Gasteiger partial charge in [0.2, 0.25) is 0 Å². The van der Waals surface area contributed by atoms with Crippen LogP contribution in [0.4, 0.5) is 5.69 Å². The number of aromatic nitrogens is 3. The Bertz CT molecular complexity index is 639. The Balaban J connectivity index is 1.62. The lowest BCUT2D eigenvalue weighted by molar-refractivity contribution is -0.00403. The summed E-state index contributed by atoms with van der Waals surface area (Å²) in [5.41, 5.74) is 3.58. The minimum Gasteiger partial charge on any atom is -0.377 e. The number of hydrogen-bond acceptors (Lipinski definition) is 5. The molecule has 1 fully saturated rings. The minimum atomic E-state index is 0.121. The van der Waals surface area contributed by atoms with Gasteiger partial charge in [-0.3, -0.25) is 4.98 Å². The van der Waals surface area contributed by atoms with Crippen molar-refractivity contribution >= 4 is 5.69 Å². The number of rotatable bonds is 5. The molecule has 23 heavy (non-hydrogen) atoms. The van der Waals surface area contributed by atoms with E-state index in [2.05, 4.69) is 40.3 Å². The van der Waals surface area contributed by atoms with Crippen LogP contribution < -0.4 is 10.2 Å². The minimum absolute atomic E-state index is 0.121. The summed E-state index contributed by atoms with van der Waals surface area (Å²) in [7, 11) is 6.14. The van der Waals surface area contributed by atoms with Crippen molar-refractivity contribution < 1.29 is 4.74 Å². The van der Waals surface area contributed by atoms with Gasteiger partial charge in [0.05, 0.1) is 18.2 Å². The number of ether oxygens (including phenoxy) is 1. The topological polar surface area (TPSA) is 55.2 Å². The van der Waals surface area contributed by atoms with E-state index in [1.165, 1.54) is 11.3 Å². The van der Waals surface area contributed by atoms with Crippen LogP contribution in [0.25, 0.3) is 0 Å². The first kappa shape index (κ1) is 16.0. The molecule has 2 unspecified atom stereocenters. The Morgan fingerprint density at radius 1 is 1.35 bits per heavy atom. The van der Waals surface area contributed by atoms with Crippen molar-refractivity contribution in [3.63, 3.8) is 0 Å². The van der Waals surface area contributed by atoms with Crippen LogP contribution in [0.3, 0.4) is 0 Å². The Morgan fingerprint density at radius 3 is 2.96 bits per heavy atom. The molecular formula is C17H25N5O. The van der Waals surface area contributed by atoms with Crippen LogP contribution in [0, 0.1) is 0 Å². The number of hydrogen-bond donors (Lipinski definition) is 1. The molecule has 6 heteroatoms. The largest absolute Gasteiger partial charge is 0.377 e. The number of imidazole rings is 1. The highest BCUT2D eigenvalue weighted by Gasteiger charge is 2.25. The summed E-state index contributed by atoms with van der Waals surface area (Å²) in [6, 6.07) is 2.50. The van der Waals surface area contributed by atoms with E-state index in [0.29, 0.717) is 6.04 Å². The fourth-order valence-corrected chi connectivity index (χ4v) is 3.11. The van der Waals surface area contributed by atoms with Gasteiger partial charge < -0.3 is 19.5 Å². The Morgan fingerprint density at radius 2 is 2.22 bits per heavy atom. The number of anilines is 1. The SMILES string of the molecule is CN(C)c1ccncc1CNC1CCOC(c2cncn2C)C1. The lowest BCUT2D eigenvalue weighted by atomic mass is 10.0. The highest BCUT2D eigenvalue weighted by atomic mass is 16.5. The standard InChI is InChI=1S/C17H25N5O/c1-21(2)15-4-6-18-9-13(15)10-20-14-5-7-23-17(8-14)16-11-19-12-22(16)3/h4,6,9,11-12,14,17,20H,5,7-8,10H2,1-3H3. The van der Waals surface area contributed by atoms with Crippen LogP contribution in [0.5, 0.6) is 0 Å².